The van der Waals surface area contributed by atoms with Crippen LogP contribution in [0.2, 0.25) is 0 Å². The Balaban J connectivity index is 1.27. The lowest BCUT2D eigenvalue weighted by molar-refractivity contribution is 0.0341. The van der Waals surface area contributed by atoms with Crippen molar-refractivity contribution in [1.29, 1.82) is 0 Å². The first-order valence-corrected chi connectivity index (χ1v) is 9.83. The largest absolute Gasteiger partial charge is 0.493 e. The summed E-state index contributed by atoms with van der Waals surface area (Å²) in [5.74, 6) is 1.69. The average molecular weight is 345 g/mol. The van der Waals surface area contributed by atoms with Crippen LogP contribution in [0, 0.1) is 5.92 Å². The molecule has 25 heavy (non-hydrogen) atoms. The third-order valence-electron chi connectivity index (χ3n) is 5.77. The summed E-state index contributed by atoms with van der Waals surface area (Å²) in [4.78, 5) is 5.11. The zero-order valence-electron chi connectivity index (χ0n) is 15.2. The van der Waals surface area contributed by atoms with Crippen molar-refractivity contribution in [3.63, 3.8) is 0 Å². The van der Waals surface area contributed by atoms with Crippen LogP contribution < -0.4 is 10.1 Å². The second kappa shape index (κ2) is 8.49. The monoisotopic (exact) mass is 345 g/mol. The molecule has 0 saturated carbocycles. The number of benzene rings is 1. The molecule has 1 N–H and O–H groups in total. The van der Waals surface area contributed by atoms with Crippen molar-refractivity contribution in [3.8, 4) is 5.75 Å². The first-order valence-electron chi connectivity index (χ1n) is 9.83. The quantitative estimate of drug-likeness (QED) is 0.877. The lowest BCUT2D eigenvalue weighted by atomic mass is 9.92. The highest BCUT2D eigenvalue weighted by atomic mass is 16.5. The van der Waals surface area contributed by atoms with Gasteiger partial charge in [-0.25, -0.2) is 0 Å². The Hall–Kier alpha value is -1.14. The van der Waals surface area contributed by atoms with E-state index in [-0.39, 0.29) is 0 Å². The number of nitrogens with one attached hydrogen (secondary N) is 1. The van der Waals surface area contributed by atoms with Crippen molar-refractivity contribution >= 4 is 0 Å². The van der Waals surface area contributed by atoms with Gasteiger partial charge in [-0.15, -0.1) is 0 Å². The van der Waals surface area contributed by atoms with E-state index in [1.165, 1.54) is 31.5 Å². The predicted molar refractivity (Wildman–Crippen MR) is 99.0 cm³/mol. The molecule has 4 rings (SSSR count). The topological polar surface area (TPSA) is 37.0 Å². The van der Waals surface area contributed by atoms with Crippen LogP contribution in [0.1, 0.15) is 18.4 Å². The molecule has 2 atom stereocenters. The number of fused-ring (bicyclic) bond motifs is 1. The second-order valence-corrected chi connectivity index (χ2v) is 7.64. The maximum Gasteiger partial charge on any atom is 0.119 e. The highest BCUT2D eigenvalue weighted by molar-refractivity contribution is 5.28. The van der Waals surface area contributed by atoms with E-state index in [0.717, 1.165) is 64.3 Å². The molecule has 3 aliphatic heterocycles. The summed E-state index contributed by atoms with van der Waals surface area (Å²) < 4.78 is 11.6. The molecule has 0 amide bonds. The van der Waals surface area contributed by atoms with E-state index in [9.17, 15) is 0 Å². The molecule has 3 aliphatic rings. The molecule has 5 nitrogen and oxygen atoms in total. The molecule has 0 aliphatic carbocycles. The third kappa shape index (κ3) is 4.73. The van der Waals surface area contributed by atoms with E-state index in [0.29, 0.717) is 5.92 Å². The Morgan fingerprint density at radius 2 is 2.08 bits per heavy atom. The van der Waals surface area contributed by atoms with Gasteiger partial charge in [-0.05, 0) is 30.5 Å². The minimum Gasteiger partial charge on any atom is -0.493 e. The smallest absolute Gasteiger partial charge is 0.119 e. The SMILES string of the molecule is c1cc(CN2CCOCC2)cc(OC[C@@H]2CC[C@H]3CNCCN3C2)c1. The molecule has 1 aromatic carbocycles. The minimum absolute atomic E-state index is 0.664. The van der Waals surface area contributed by atoms with Crippen molar-refractivity contribution in [2.24, 2.45) is 5.92 Å². The summed E-state index contributed by atoms with van der Waals surface area (Å²) in [7, 11) is 0. The molecule has 1 aromatic rings. The van der Waals surface area contributed by atoms with Gasteiger partial charge in [0.15, 0.2) is 0 Å². The summed E-state index contributed by atoms with van der Waals surface area (Å²) in [5, 5.41) is 3.51. The molecule has 0 spiro atoms. The van der Waals surface area contributed by atoms with E-state index in [2.05, 4.69) is 39.4 Å². The van der Waals surface area contributed by atoms with Crippen LogP contribution in [0.3, 0.4) is 0 Å². The number of piperidine rings is 1. The number of piperazine rings is 1. The van der Waals surface area contributed by atoms with Gasteiger partial charge < -0.3 is 14.8 Å². The summed E-state index contributed by atoms with van der Waals surface area (Å²) in [6.45, 7) is 10.3. The summed E-state index contributed by atoms with van der Waals surface area (Å²) in [6, 6.07) is 9.39. The van der Waals surface area contributed by atoms with Gasteiger partial charge in [0.2, 0.25) is 0 Å². The van der Waals surface area contributed by atoms with Crippen LogP contribution in [-0.2, 0) is 11.3 Å². The fourth-order valence-corrected chi connectivity index (χ4v) is 4.28. The highest BCUT2D eigenvalue weighted by Crippen LogP contribution is 2.24. The number of rotatable bonds is 5. The maximum atomic E-state index is 6.17. The zero-order valence-corrected chi connectivity index (χ0v) is 15.2. The van der Waals surface area contributed by atoms with Crippen LogP contribution >= 0.6 is 0 Å². The molecule has 5 heteroatoms. The van der Waals surface area contributed by atoms with Crippen molar-refractivity contribution < 1.29 is 9.47 Å². The molecule has 0 unspecified atom stereocenters. The Morgan fingerprint density at radius 1 is 1.16 bits per heavy atom. The van der Waals surface area contributed by atoms with Crippen LogP contribution in [0.15, 0.2) is 24.3 Å². The predicted octanol–water partition coefficient (Wildman–Crippen LogP) is 1.58. The third-order valence-corrected chi connectivity index (χ3v) is 5.77. The lowest BCUT2D eigenvalue weighted by Crippen LogP contribution is -2.55. The number of ether oxygens (including phenoxy) is 2. The maximum absolute atomic E-state index is 6.17. The van der Waals surface area contributed by atoms with E-state index in [1.807, 2.05) is 0 Å². The Bertz CT molecular complexity index is 547. The molecule has 3 fully saturated rings. The molecule has 3 saturated heterocycles. The minimum atomic E-state index is 0.664. The zero-order chi connectivity index (χ0) is 16.9. The van der Waals surface area contributed by atoms with E-state index in [4.69, 9.17) is 9.47 Å². The second-order valence-electron chi connectivity index (χ2n) is 7.64. The standard InChI is InChI=1S/C20H31N3O2/c1-2-17(14-22-8-10-24-11-9-22)12-20(3-1)25-16-18-4-5-19-13-21-6-7-23(19)15-18/h1-3,12,18-19,21H,4-11,13-16H2/t18-,19+/m1/s1. The van der Waals surface area contributed by atoms with E-state index >= 15 is 0 Å². The lowest BCUT2D eigenvalue weighted by Gasteiger charge is -2.42. The fourth-order valence-electron chi connectivity index (χ4n) is 4.28. The molecule has 3 heterocycles. The Morgan fingerprint density at radius 3 is 3.00 bits per heavy atom. The molecule has 0 radical (unpaired) electrons. The molecular formula is C20H31N3O2. The Labute approximate surface area is 151 Å². The number of nitrogens with zero attached hydrogens (tertiary/aromatic N) is 2. The van der Waals surface area contributed by atoms with Gasteiger partial charge in [0.25, 0.3) is 0 Å². The van der Waals surface area contributed by atoms with Crippen molar-refractivity contribution in [3.05, 3.63) is 29.8 Å². The normalized spacial score (nSPS) is 28.5. The number of hydrogen-bond donors (Lipinski definition) is 1. The van der Waals surface area contributed by atoms with Crippen LogP contribution in [0.25, 0.3) is 0 Å². The number of morpholine rings is 1. The summed E-state index contributed by atoms with van der Waals surface area (Å²) >= 11 is 0. The van der Waals surface area contributed by atoms with E-state index in [1.54, 1.807) is 0 Å². The van der Waals surface area contributed by atoms with Crippen LogP contribution in [0.4, 0.5) is 0 Å². The van der Waals surface area contributed by atoms with Gasteiger partial charge in [0.1, 0.15) is 5.75 Å². The van der Waals surface area contributed by atoms with E-state index < -0.39 is 0 Å². The molecular weight excluding hydrogens is 314 g/mol. The van der Waals surface area contributed by atoms with Crippen molar-refractivity contribution in [1.82, 2.24) is 15.1 Å². The van der Waals surface area contributed by atoms with Crippen LogP contribution in [0.5, 0.6) is 5.75 Å². The van der Waals surface area contributed by atoms with Gasteiger partial charge >= 0.3 is 0 Å². The average Bonchev–Trinajstić information content (AvgIpc) is 2.67. The Kier molecular flexibility index (Phi) is 5.87. The van der Waals surface area contributed by atoms with Gasteiger partial charge in [-0.2, -0.15) is 0 Å². The number of hydrogen-bond acceptors (Lipinski definition) is 5. The van der Waals surface area contributed by atoms with Crippen molar-refractivity contribution in [2.45, 2.75) is 25.4 Å². The first kappa shape index (κ1) is 17.3. The van der Waals surface area contributed by atoms with Gasteiger partial charge in [0.05, 0.1) is 19.8 Å². The summed E-state index contributed by atoms with van der Waals surface area (Å²) in [6.07, 6.45) is 2.59. The fraction of sp³-hybridized carbons (Fsp3) is 0.700. The van der Waals surface area contributed by atoms with Crippen molar-refractivity contribution in [2.75, 3.05) is 59.1 Å². The molecule has 0 aromatic heterocycles. The summed E-state index contributed by atoms with van der Waals surface area (Å²) in [5.41, 5.74) is 1.34. The van der Waals surface area contributed by atoms with Gasteiger partial charge in [-0.1, -0.05) is 12.1 Å². The van der Waals surface area contributed by atoms with Crippen LogP contribution in [-0.4, -0.2) is 74.9 Å². The molecule has 138 valence electrons. The highest BCUT2D eigenvalue weighted by Gasteiger charge is 2.30. The van der Waals surface area contributed by atoms with Gasteiger partial charge in [0, 0.05) is 57.8 Å². The van der Waals surface area contributed by atoms with Gasteiger partial charge in [-0.3, -0.25) is 9.80 Å². The molecule has 0 bridgehead atoms. The first-order chi connectivity index (χ1) is 12.4.